The summed E-state index contributed by atoms with van der Waals surface area (Å²) in [6.07, 6.45) is 1.58. The first-order valence-electron chi connectivity index (χ1n) is 2.66. The Morgan fingerprint density at radius 3 is 3.00 bits per heavy atom. The van der Waals surface area contributed by atoms with Crippen LogP contribution in [0.2, 0.25) is 0 Å². The second kappa shape index (κ2) is 3.00. The smallest absolute Gasteiger partial charge is 0.285 e. The van der Waals surface area contributed by atoms with Crippen LogP contribution in [0.3, 0.4) is 0 Å². The fraction of sp³-hybridized carbons (Fsp3) is 0.200. The average molecular weight is 251 g/mol. The van der Waals surface area contributed by atoms with Crippen LogP contribution in [-0.4, -0.2) is 14.1 Å². The summed E-state index contributed by atoms with van der Waals surface area (Å²) in [5, 5.41) is 9.04. The Morgan fingerprint density at radius 1 is 1.90 bits per heavy atom. The summed E-state index contributed by atoms with van der Waals surface area (Å²) >= 11 is 1.67. The summed E-state index contributed by atoms with van der Waals surface area (Å²) < 4.78 is -0.109. The lowest BCUT2D eigenvalue weighted by Crippen LogP contribution is -1.99. The fourth-order valence-corrected chi connectivity index (χ4v) is 0.873. The zero-order chi connectivity index (χ0) is 7.56. The van der Waals surface area contributed by atoms with Crippen molar-refractivity contribution in [3.63, 3.8) is 0 Å². The van der Waals surface area contributed by atoms with Gasteiger partial charge < -0.3 is 5.32 Å². The molecule has 0 aliphatic carbocycles. The largest absolute Gasteiger partial charge is 0.314 e. The molecule has 0 fully saturated rings. The van der Waals surface area contributed by atoms with Crippen molar-refractivity contribution >= 4 is 32.2 Å². The minimum atomic E-state index is -0.109. The number of aromatic nitrogens is 2. The third-order valence-electron chi connectivity index (χ3n) is 1.06. The standard InChI is InChI=1S/C5H6IN3O/c1-3-4(2-7-9-3)8-5(6)10/h2H,1H3,(H,7,9)(H,8,10). The highest BCUT2D eigenvalue weighted by Crippen LogP contribution is 2.10. The first-order chi connectivity index (χ1) is 4.70. The number of rotatable bonds is 1. The SMILES string of the molecule is Cc1[nH]ncc1NC(=O)I. The highest BCUT2D eigenvalue weighted by Gasteiger charge is 2.00. The Balaban J connectivity index is 2.74. The molecule has 1 amide bonds. The molecular formula is C5H6IN3O. The Bertz CT molecular complexity index is 245. The molecule has 1 aromatic rings. The van der Waals surface area contributed by atoms with Crippen LogP contribution >= 0.6 is 22.6 Å². The van der Waals surface area contributed by atoms with Crippen LogP contribution in [0.5, 0.6) is 0 Å². The Hall–Kier alpha value is -0.590. The van der Waals surface area contributed by atoms with Crippen LogP contribution in [-0.2, 0) is 0 Å². The van der Waals surface area contributed by atoms with Gasteiger partial charge in [0.25, 0.3) is 3.91 Å². The molecule has 0 aliphatic heterocycles. The second-order valence-corrected chi connectivity index (χ2v) is 2.79. The number of aryl methyl sites for hydroxylation is 1. The van der Waals surface area contributed by atoms with Gasteiger partial charge in [0.1, 0.15) is 0 Å². The van der Waals surface area contributed by atoms with Gasteiger partial charge in [-0.3, -0.25) is 9.89 Å². The minimum Gasteiger partial charge on any atom is -0.314 e. The molecule has 2 N–H and O–H groups in total. The molecule has 1 rings (SSSR count). The molecule has 0 atom stereocenters. The van der Waals surface area contributed by atoms with Crippen molar-refractivity contribution in [1.82, 2.24) is 10.2 Å². The lowest BCUT2D eigenvalue weighted by molar-refractivity contribution is 0.272. The summed E-state index contributed by atoms with van der Waals surface area (Å²) in [6, 6.07) is 0. The number of halogens is 1. The number of hydrogen-bond donors (Lipinski definition) is 2. The van der Waals surface area contributed by atoms with Crippen LogP contribution < -0.4 is 5.32 Å². The van der Waals surface area contributed by atoms with Gasteiger partial charge in [-0.05, 0) is 6.92 Å². The quantitative estimate of drug-likeness (QED) is 0.453. The van der Waals surface area contributed by atoms with Crippen molar-refractivity contribution in [2.45, 2.75) is 6.92 Å². The third kappa shape index (κ3) is 1.69. The normalized spacial score (nSPS) is 9.40. The van der Waals surface area contributed by atoms with E-state index in [1.165, 1.54) is 0 Å². The minimum absolute atomic E-state index is 0.109. The van der Waals surface area contributed by atoms with Crippen LogP contribution in [0.1, 0.15) is 5.69 Å². The molecular weight excluding hydrogens is 245 g/mol. The van der Waals surface area contributed by atoms with Gasteiger partial charge in [0.05, 0.1) is 17.6 Å². The molecule has 5 heteroatoms. The van der Waals surface area contributed by atoms with Crippen molar-refractivity contribution in [3.05, 3.63) is 11.9 Å². The average Bonchev–Trinajstić information content (AvgIpc) is 2.15. The number of amides is 1. The van der Waals surface area contributed by atoms with Crippen molar-refractivity contribution in [1.29, 1.82) is 0 Å². The predicted molar refractivity (Wildman–Crippen MR) is 46.4 cm³/mol. The van der Waals surface area contributed by atoms with E-state index in [4.69, 9.17) is 0 Å². The number of nitrogens with one attached hydrogen (secondary N) is 2. The van der Waals surface area contributed by atoms with E-state index in [9.17, 15) is 4.79 Å². The van der Waals surface area contributed by atoms with Gasteiger partial charge >= 0.3 is 0 Å². The molecule has 0 bridgehead atoms. The van der Waals surface area contributed by atoms with Crippen LogP contribution in [0.25, 0.3) is 0 Å². The second-order valence-electron chi connectivity index (χ2n) is 1.81. The first kappa shape index (κ1) is 7.52. The highest BCUT2D eigenvalue weighted by atomic mass is 127. The first-order valence-corrected chi connectivity index (χ1v) is 3.74. The molecule has 4 nitrogen and oxygen atoms in total. The third-order valence-corrected chi connectivity index (χ3v) is 1.33. The van der Waals surface area contributed by atoms with Gasteiger partial charge in [0.2, 0.25) is 0 Å². The number of hydrogen-bond acceptors (Lipinski definition) is 2. The van der Waals surface area contributed by atoms with E-state index in [1.54, 1.807) is 28.8 Å². The Labute approximate surface area is 71.5 Å². The maximum Gasteiger partial charge on any atom is 0.285 e. The number of carbonyl (C=O) groups is 1. The molecule has 1 aromatic heterocycles. The zero-order valence-electron chi connectivity index (χ0n) is 5.31. The molecule has 0 radical (unpaired) electrons. The molecule has 54 valence electrons. The molecule has 0 spiro atoms. The van der Waals surface area contributed by atoms with Crippen LogP contribution in [0, 0.1) is 6.92 Å². The number of H-pyrrole nitrogens is 1. The van der Waals surface area contributed by atoms with Gasteiger partial charge in [0.15, 0.2) is 0 Å². The van der Waals surface area contributed by atoms with Gasteiger partial charge in [-0.25, -0.2) is 0 Å². The highest BCUT2D eigenvalue weighted by molar-refractivity contribution is 14.1. The van der Waals surface area contributed by atoms with Crippen LogP contribution in [0.15, 0.2) is 6.20 Å². The Kier molecular flexibility index (Phi) is 2.25. The van der Waals surface area contributed by atoms with Gasteiger partial charge in [0, 0.05) is 22.6 Å². The summed E-state index contributed by atoms with van der Waals surface area (Å²) in [5.41, 5.74) is 1.60. The lowest BCUT2D eigenvalue weighted by atomic mass is 10.4. The van der Waals surface area contributed by atoms with Crippen LogP contribution in [0.4, 0.5) is 10.5 Å². The zero-order valence-corrected chi connectivity index (χ0v) is 7.47. The van der Waals surface area contributed by atoms with E-state index < -0.39 is 0 Å². The predicted octanol–water partition coefficient (Wildman–Crippen LogP) is 1.69. The Morgan fingerprint density at radius 2 is 2.60 bits per heavy atom. The van der Waals surface area contributed by atoms with Gasteiger partial charge in [-0.1, -0.05) is 0 Å². The fourth-order valence-electron chi connectivity index (χ4n) is 0.583. The molecule has 0 unspecified atom stereocenters. The monoisotopic (exact) mass is 251 g/mol. The van der Waals surface area contributed by atoms with E-state index in [1.807, 2.05) is 6.92 Å². The van der Waals surface area contributed by atoms with E-state index in [0.29, 0.717) is 0 Å². The molecule has 1 heterocycles. The molecule has 0 aliphatic rings. The number of carbonyl (C=O) groups excluding carboxylic acids is 1. The maximum absolute atomic E-state index is 10.5. The van der Waals surface area contributed by atoms with E-state index in [2.05, 4.69) is 15.5 Å². The lowest BCUT2D eigenvalue weighted by Gasteiger charge is -1.94. The summed E-state index contributed by atoms with van der Waals surface area (Å²) in [6.45, 7) is 1.84. The number of nitrogens with zero attached hydrogens (tertiary/aromatic N) is 1. The molecule has 0 saturated heterocycles. The van der Waals surface area contributed by atoms with Crippen molar-refractivity contribution in [3.8, 4) is 0 Å². The van der Waals surface area contributed by atoms with E-state index in [0.717, 1.165) is 11.4 Å². The molecule has 10 heavy (non-hydrogen) atoms. The molecule has 0 aromatic carbocycles. The summed E-state index contributed by atoms with van der Waals surface area (Å²) in [4.78, 5) is 10.5. The molecule has 0 saturated carbocycles. The summed E-state index contributed by atoms with van der Waals surface area (Å²) in [5.74, 6) is 0. The maximum atomic E-state index is 10.5. The van der Waals surface area contributed by atoms with Crippen molar-refractivity contribution in [2.75, 3.05) is 5.32 Å². The van der Waals surface area contributed by atoms with Crippen molar-refractivity contribution in [2.24, 2.45) is 0 Å². The van der Waals surface area contributed by atoms with E-state index in [-0.39, 0.29) is 3.91 Å². The number of aromatic amines is 1. The number of anilines is 1. The van der Waals surface area contributed by atoms with E-state index >= 15 is 0 Å². The summed E-state index contributed by atoms with van der Waals surface area (Å²) in [7, 11) is 0. The van der Waals surface area contributed by atoms with Gasteiger partial charge in [-0.2, -0.15) is 5.10 Å². The van der Waals surface area contributed by atoms with Gasteiger partial charge in [-0.15, -0.1) is 0 Å². The van der Waals surface area contributed by atoms with Crippen molar-refractivity contribution < 1.29 is 4.79 Å². The topological polar surface area (TPSA) is 57.8 Å².